The van der Waals surface area contributed by atoms with Crippen LogP contribution in [0.15, 0.2) is 29.6 Å². The van der Waals surface area contributed by atoms with Crippen molar-refractivity contribution >= 4 is 34.8 Å². The van der Waals surface area contributed by atoms with Crippen LogP contribution in [0.2, 0.25) is 0 Å². The fraction of sp³-hybridized carbons (Fsp3) is 0.519. The van der Waals surface area contributed by atoms with Crippen molar-refractivity contribution < 1.29 is 23.9 Å². The Labute approximate surface area is 221 Å². The van der Waals surface area contributed by atoms with E-state index in [2.05, 4.69) is 34.5 Å². The molecule has 0 spiro atoms. The lowest BCUT2D eigenvalue weighted by molar-refractivity contribution is -0.155. The van der Waals surface area contributed by atoms with E-state index in [9.17, 15) is 14.4 Å². The van der Waals surface area contributed by atoms with Crippen LogP contribution in [0.25, 0.3) is 0 Å². The molecule has 1 fully saturated rings. The van der Waals surface area contributed by atoms with Crippen molar-refractivity contribution in [2.24, 2.45) is 5.73 Å². The molecule has 0 saturated carbocycles. The topological polar surface area (TPSA) is 114 Å². The lowest BCUT2D eigenvalue weighted by Crippen LogP contribution is -2.45. The second kappa shape index (κ2) is 11.6. The highest BCUT2D eigenvalue weighted by atomic mass is 32.1. The summed E-state index contributed by atoms with van der Waals surface area (Å²) in [4.78, 5) is 41.9. The van der Waals surface area contributed by atoms with E-state index in [1.54, 1.807) is 20.8 Å². The van der Waals surface area contributed by atoms with Gasteiger partial charge >= 0.3 is 5.97 Å². The standard InChI is InChI=1S/C27H36N4O5S/c1-27(2,3)36-23(32)9-8-22(25(28)33)31-16-20-21(17-37-24(20)26(31)34)29-14-18-4-6-19(7-5-18)15-30-10-12-35-13-11-30/h4-7,17,22,29H,8-16H2,1-3H3,(H2,28,33). The van der Waals surface area contributed by atoms with Crippen LogP contribution in [0.5, 0.6) is 0 Å². The first-order valence-electron chi connectivity index (χ1n) is 12.6. The molecule has 1 unspecified atom stereocenters. The van der Waals surface area contributed by atoms with Gasteiger partial charge in [0.05, 0.1) is 30.3 Å². The average molecular weight is 529 g/mol. The third-order valence-electron chi connectivity index (χ3n) is 6.44. The molecule has 0 radical (unpaired) electrons. The van der Waals surface area contributed by atoms with Crippen LogP contribution >= 0.6 is 11.3 Å². The van der Waals surface area contributed by atoms with Crippen molar-refractivity contribution in [1.29, 1.82) is 0 Å². The number of nitrogens with two attached hydrogens (primary N) is 1. The molecule has 10 heteroatoms. The largest absolute Gasteiger partial charge is 0.460 e. The van der Waals surface area contributed by atoms with Gasteiger partial charge in [-0.3, -0.25) is 19.3 Å². The number of morpholine rings is 1. The van der Waals surface area contributed by atoms with Crippen molar-refractivity contribution in [3.8, 4) is 0 Å². The predicted molar refractivity (Wildman–Crippen MR) is 142 cm³/mol. The maximum absolute atomic E-state index is 13.1. The number of primary amides is 1. The first-order valence-corrected chi connectivity index (χ1v) is 13.5. The van der Waals surface area contributed by atoms with Crippen molar-refractivity contribution in [2.45, 2.75) is 64.9 Å². The van der Waals surface area contributed by atoms with Gasteiger partial charge in [0, 0.05) is 43.5 Å². The van der Waals surface area contributed by atoms with Crippen LogP contribution in [0.1, 0.15) is 60.0 Å². The second-order valence-corrected chi connectivity index (χ2v) is 11.4. The zero-order valence-corrected chi connectivity index (χ0v) is 22.6. The number of hydrogen-bond donors (Lipinski definition) is 2. The fourth-order valence-electron chi connectivity index (χ4n) is 4.57. The van der Waals surface area contributed by atoms with Gasteiger partial charge < -0.3 is 25.4 Å². The Morgan fingerprint density at radius 2 is 1.84 bits per heavy atom. The summed E-state index contributed by atoms with van der Waals surface area (Å²) in [6, 6.07) is 7.67. The van der Waals surface area contributed by atoms with Gasteiger partial charge in [0.15, 0.2) is 0 Å². The van der Waals surface area contributed by atoms with Crippen molar-refractivity contribution in [3.63, 3.8) is 0 Å². The first-order chi connectivity index (χ1) is 17.6. The molecule has 1 aromatic heterocycles. The number of fused-ring (bicyclic) bond motifs is 1. The minimum atomic E-state index is -0.869. The van der Waals surface area contributed by atoms with E-state index >= 15 is 0 Å². The maximum Gasteiger partial charge on any atom is 0.306 e. The number of thiophene rings is 1. The molecule has 0 aliphatic carbocycles. The number of esters is 1. The van der Waals surface area contributed by atoms with Gasteiger partial charge in [0.2, 0.25) is 5.91 Å². The summed E-state index contributed by atoms with van der Waals surface area (Å²) >= 11 is 1.36. The summed E-state index contributed by atoms with van der Waals surface area (Å²) in [5, 5.41) is 5.38. The van der Waals surface area contributed by atoms with E-state index in [-0.39, 0.29) is 25.3 Å². The monoisotopic (exact) mass is 528 g/mol. The summed E-state index contributed by atoms with van der Waals surface area (Å²) in [7, 11) is 0. The maximum atomic E-state index is 13.1. The molecule has 1 saturated heterocycles. The highest BCUT2D eigenvalue weighted by molar-refractivity contribution is 7.12. The minimum absolute atomic E-state index is 0.00887. The Morgan fingerprint density at radius 3 is 2.49 bits per heavy atom. The summed E-state index contributed by atoms with van der Waals surface area (Å²) in [5.41, 5.74) is 9.17. The Morgan fingerprint density at radius 1 is 1.16 bits per heavy atom. The predicted octanol–water partition coefficient (Wildman–Crippen LogP) is 3.12. The van der Waals surface area contributed by atoms with Crippen LogP contribution < -0.4 is 11.1 Å². The Bertz CT molecular complexity index is 1120. The molecule has 2 aliphatic heterocycles. The Kier molecular flexibility index (Phi) is 8.51. The van der Waals surface area contributed by atoms with Gasteiger partial charge in [-0.25, -0.2) is 0 Å². The number of carbonyl (C=O) groups is 3. The third-order valence-corrected chi connectivity index (χ3v) is 7.45. The van der Waals surface area contributed by atoms with Gasteiger partial charge in [0.25, 0.3) is 5.91 Å². The summed E-state index contributed by atoms with van der Waals surface area (Å²) < 4.78 is 10.7. The van der Waals surface area contributed by atoms with E-state index in [4.69, 9.17) is 15.2 Å². The number of nitrogens with zero attached hydrogens (tertiary/aromatic N) is 2. The van der Waals surface area contributed by atoms with Gasteiger partial charge in [-0.2, -0.15) is 0 Å². The molecule has 1 aromatic carbocycles. The van der Waals surface area contributed by atoms with Crippen LogP contribution in [0.3, 0.4) is 0 Å². The number of amides is 2. The number of nitrogens with one attached hydrogen (secondary N) is 1. The number of benzene rings is 1. The SMILES string of the molecule is CC(C)(C)OC(=O)CCC(C(N)=O)N1Cc2c(NCc3ccc(CN4CCOCC4)cc3)csc2C1=O. The molecule has 3 heterocycles. The molecule has 0 bridgehead atoms. The minimum Gasteiger partial charge on any atom is -0.460 e. The molecule has 3 N–H and O–H groups in total. The number of ether oxygens (including phenoxy) is 2. The Balaban J connectivity index is 1.34. The molecule has 37 heavy (non-hydrogen) atoms. The molecular formula is C27H36N4O5S. The zero-order valence-electron chi connectivity index (χ0n) is 21.7. The zero-order chi connectivity index (χ0) is 26.6. The molecule has 200 valence electrons. The summed E-state index contributed by atoms with van der Waals surface area (Å²) in [6.07, 6.45) is 0.138. The number of anilines is 1. The van der Waals surface area contributed by atoms with E-state index in [1.165, 1.54) is 21.8 Å². The average Bonchev–Trinajstić information content (AvgIpc) is 3.38. The number of hydrogen-bond acceptors (Lipinski definition) is 8. The van der Waals surface area contributed by atoms with Crippen molar-refractivity contribution in [3.05, 3.63) is 51.2 Å². The smallest absolute Gasteiger partial charge is 0.306 e. The number of rotatable bonds is 10. The summed E-state index contributed by atoms with van der Waals surface area (Å²) in [6.45, 7) is 10.7. The van der Waals surface area contributed by atoms with Gasteiger partial charge in [-0.05, 0) is 38.3 Å². The van der Waals surface area contributed by atoms with E-state index in [1.807, 2.05) is 5.38 Å². The molecular weight excluding hydrogens is 492 g/mol. The van der Waals surface area contributed by atoms with Gasteiger partial charge in [0.1, 0.15) is 11.6 Å². The van der Waals surface area contributed by atoms with Gasteiger partial charge in [-0.15, -0.1) is 11.3 Å². The fourth-order valence-corrected chi connectivity index (χ4v) is 5.56. The number of carbonyl (C=O) groups excluding carboxylic acids is 3. The normalized spacial score (nSPS) is 16.9. The quantitative estimate of drug-likeness (QED) is 0.456. The van der Waals surface area contributed by atoms with Crippen LogP contribution in [0, 0.1) is 0 Å². The lowest BCUT2D eigenvalue weighted by atomic mass is 10.1. The van der Waals surface area contributed by atoms with Gasteiger partial charge in [-0.1, -0.05) is 24.3 Å². The van der Waals surface area contributed by atoms with Crippen LogP contribution in [-0.4, -0.2) is 65.5 Å². The van der Waals surface area contributed by atoms with E-state index in [0.29, 0.717) is 11.4 Å². The third kappa shape index (κ3) is 7.09. The highest BCUT2D eigenvalue weighted by Gasteiger charge is 2.38. The van der Waals surface area contributed by atoms with Crippen LogP contribution in [0.4, 0.5) is 5.69 Å². The molecule has 1 atom stereocenters. The second-order valence-electron chi connectivity index (χ2n) is 10.5. The Hall–Kier alpha value is -2.95. The highest BCUT2D eigenvalue weighted by Crippen LogP contribution is 2.37. The van der Waals surface area contributed by atoms with Crippen molar-refractivity contribution in [2.75, 3.05) is 31.6 Å². The molecule has 9 nitrogen and oxygen atoms in total. The molecule has 2 amide bonds. The van der Waals surface area contributed by atoms with Crippen molar-refractivity contribution in [1.82, 2.24) is 9.80 Å². The molecule has 2 aromatic rings. The first kappa shape index (κ1) is 27.1. The lowest BCUT2D eigenvalue weighted by Gasteiger charge is -2.26. The summed E-state index contributed by atoms with van der Waals surface area (Å²) in [5.74, 6) is -1.27. The van der Waals surface area contributed by atoms with Crippen LogP contribution in [-0.2, 0) is 38.7 Å². The van der Waals surface area contributed by atoms with E-state index < -0.39 is 23.5 Å². The molecule has 2 aliphatic rings. The molecule has 4 rings (SSSR count). The van der Waals surface area contributed by atoms with E-state index in [0.717, 1.165) is 49.7 Å².